The van der Waals surface area contributed by atoms with E-state index in [1.807, 2.05) is 4.90 Å². The highest BCUT2D eigenvalue weighted by Gasteiger charge is 2.26. The van der Waals surface area contributed by atoms with Crippen molar-refractivity contribution >= 4 is 28.5 Å². The Morgan fingerprint density at radius 3 is 2.52 bits per heavy atom. The van der Waals surface area contributed by atoms with Crippen molar-refractivity contribution in [1.29, 1.82) is 0 Å². The van der Waals surface area contributed by atoms with Crippen LogP contribution >= 0.6 is 0 Å². The molecular weight excluding hydrogens is 282 g/mol. The number of nitro benzene ring substituents is 1. The van der Waals surface area contributed by atoms with Crippen molar-refractivity contribution in [2.75, 3.05) is 31.1 Å². The zero-order valence-corrected chi connectivity index (χ0v) is 10.8. The number of piperazine rings is 1. The maximum atomic E-state index is 10.9. The topological polar surface area (TPSA) is 126 Å². The molecule has 1 aromatic carbocycles. The molecule has 1 amide bonds. The molecule has 10 heteroatoms. The molecule has 0 bridgehead atoms. The van der Waals surface area contributed by atoms with Crippen molar-refractivity contribution in [3.05, 3.63) is 22.2 Å². The summed E-state index contributed by atoms with van der Waals surface area (Å²) < 4.78 is 4.61. The Kier molecular flexibility index (Phi) is 3.05. The summed E-state index contributed by atoms with van der Waals surface area (Å²) in [6.45, 7) is 1.68. The van der Waals surface area contributed by atoms with Gasteiger partial charge in [-0.15, -0.1) is 0 Å². The molecule has 10 nitrogen and oxygen atoms in total. The van der Waals surface area contributed by atoms with E-state index in [0.717, 1.165) is 0 Å². The van der Waals surface area contributed by atoms with Gasteiger partial charge in [-0.3, -0.25) is 10.1 Å². The van der Waals surface area contributed by atoms with Crippen LogP contribution in [0.2, 0.25) is 0 Å². The maximum absolute atomic E-state index is 10.9. The van der Waals surface area contributed by atoms with Crippen LogP contribution in [0.25, 0.3) is 11.0 Å². The minimum absolute atomic E-state index is 0.0955. The second-order valence-corrected chi connectivity index (χ2v) is 4.58. The normalized spacial score (nSPS) is 15.4. The van der Waals surface area contributed by atoms with E-state index in [2.05, 4.69) is 14.9 Å². The van der Waals surface area contributed by atoms with E-state index in [1.165, 1.54) is 11.0 Å². The van der Waals surface area contributed by atoms with Gasteiger partial charge < -0.3 is 14.9 Å². The van der Waals surface area contributed by atoms with E-state index < -0.39 is 11.0 Å². The first-order valence-electron chi connectivity index (χ1n) is 6.20. The molecule has 1 aliphatic heterocycles. The first-order chi connectivity index (χ1) is 10.1. The lowest BCUT2D eigenvalue weighted by atomic mass is 10.2. The highest BCUT2D eigenvalue weighted by atomic mass is 16.6. The Hall–Kier alpha value is -2.91. The molecule has 1 aromatic heterocycles. The smallest absolute Gasteiger partial charge is 0.407 e. The maximum Gasteiger partial charge on any atom is 0.407 e. The molecule has 2 heterocycles. The third-order valence-electron chi connectivity index (χ3n) is 3.46. The molecule has 21 heavy (non-hydrogen) atoms. The summed E-state index contributed by atoms with van der Waals surface area (Å²) in [4.78, 5) is 24.5. The highest BCUT2D eigenvalue weighted by Crippen LogP contribution is 2.31. The number of benzene rings is 1. The molecular formula is C11H11N5O5. The number of amides is 1. The van der Waals surface area contributed by atoms with Crippen LogP contribution in [0, 0.1) is 10.1 Å². The van der Waals surface area contributed by atoms with Gasteiger partial charge in [0.15, 0.2) is 5.52 Å². The average Bonchev–Trinajstić information content (AvgIpc) is 2.95. The van der Waals surface area contributed by atoms with Gasteiger partial charge in [-0.1, -0.05) is 0 Å². The first-order valence-corrected chi connectivity index (χ1v) is 6.20. The van der Waals surface area contributed by atoms with Crippen LogP contribution in [0.5, 0.6) is 0 Å². The van der Waals surface area contributed by atoms with Crippen LogP contribution < -0.4 is 4.90 Å². The summed E-state index contributed by atoms with van der Waals surface area (Å²) in [5.74, 6) is 0. The van der Waals surface area contributed by atoms with Crippen molar-refractivity contribution in [2.24, 2.45) is 0 Å². The first kappa shape index (κ1) is 13.1. The van der Waals surface area contributed by atoms with Crippen LogP contribution in [0.3, 0.4) is 0 Å². The van der Waals surface area contributed by atoms with E-state index >= 15 is 0 Å². The van der Waals surface area contributed by atoms with Crippen molar-refractivity contribution in [2.45, 2.75) is 0 Å². The number of nitro groups is 1. The molecule has 0 aliphatic carbocycles. The van der Waals surface area contributed by atoms with Crippen LogP contribution in [-0.2, 0) is 0 Å². The second kappa shape index (κ2) is 4.89. The number of hydrogen-bond donors (Lipinski definition) is 1. The van der Waals surface area contributed by atoms with E-state index in [-0.39, 0.29) is 11.2 Å². The average molecular weight is 293 g/mol. The Labute approximate surface area is 117 Å². The minimum atomic E-state index is -0.952. The Morgan fingerprint density at radius 1 is 1.24 bits per heavy atom. The van der Waals surface area contributed by atoms with E-state index in [0.29, 0.717) is 37.4 Å². The summed E-state index contributed by atoms with van der Waals surface area (Å²) in [5.41, 5.74) is 0.896. The molecule has 0 unspecified atom stereocenters. The fourth-order valence-corrected chi connectivity index (χ4v) is 2.38. The number of anilines is 1. The lowest BCUT2D eigenvalue weighted by molar-refractivity contribution is -0.383. The summed E-state index contributed by atoms with van der Waals surface area (Å²) in [7, 11) is 0. The molecule has 0 radical (unpaired) electrons. The molecule has 0 atom stereocenters. The van der Waals surface area contributed by atoms with E-state index in [1.54, 1.807) is 6.07 Å². The number of nitrogens with zero attached hydrogens (tertiary/aromatic N) is 5. The fraction of sp³-hybridized carbons (Fsp3) is 0.364. The number of aromatic nitrogens is 2. The van der Waals surface area contributed by atoms with Crippen molar-refractivity contribution < 1.29 is 19.5 Å². The second-order valence-electron chi connectivity index (χ2n) is 4.58. The lowest BCUT2D eigenvalue weighted by Crippen LogP contribution is -2.48. The van der Waals surface area contributed by atoms with Crippen LogP contribution in [0.4, 0.5) is 16.2 Å². The molecule has 1 N–H and O–H groups in total. The van der Waals surface area contributed by atoms with Crippen LogP contribution in [0.1, 0.15) is 0 Å². The minimum Gasteiger partial charge on any atom is -0.465 e. The molecule has 110 valence electrons. The van der Waals surface area contributed by atoms with Gasteiger partial charge >= 0.3 is 11.8 Å². The molecule has 1 fully saturated rings. The third kappa shape index (κ3) is 2.20. The van der Waals surface area contributed by atoms with Crippen LogP contribution in [-0.4, -0.2) is 57.5 Å². The van der Waals surface area contributed by atoms with Crippen molar-refractivity contribution in [3.63, 3.8) is 0 Å². The summed E-state index contributed by atoms with van der Waals surface area (Å²) in [5, 5.41) is 27.2. The van der Waals surface area contributed by atoms with Gasteiger partial charge in [0.2, 0.25) is 5.52 Å². The van der Waals surface area contributed by atoms with Gasteiger partial charge in [0.25, 0.3) is 0 Å². The van der Waals surface area contributed by atoms with Gasteiger partial charge in [-0.05, 0) is 16.4 Å². The zero-order valence-electron chi connectivity index (χ0n) is 10.8. The van der Waals surface area contributed by atoms with Gasteiger partial charge in [0.05, 0.1) is 10.6 Å². The SMILES string of the molecule is O=C(O)N1CCN(c2ccc([N+](=O)[O-])c3nonc23)CC1. The number of fused-ring (bicyclic) bond motifs is 1. The lowest BCUT2D eigenvalue weighted by Gasteiger charge is -2.34. The molecule has 1 aliphatic rings. The van der Waals surface area contributed by atoms with Gasteiger partial charge in [0.1, 0.15) is 0 Å². The number of carboxylic acid groups (broad SMARTS) is 1. The quantitative estimate of drug-likeness (QED) is 0.640. The fourth-order valence-electron chi connectivity index (χ4n) is 2.38. The Morgan fingerprint density at radius 2 is 1.90 bits per heavy atom. The number of rotatable bonds is 2. The van der Waals surface area contributed by atoms with Gasteiger partial charge in [0, 0.05) is 32.2 Å². The van der Waals surface area contributed by atoms with Crippen molar-refractivity contribution in [1.82, 2.24) is 15.2 Å². The zero-order chi connectivity index (χ0) is 15.0. The molecule has 0 spiro atoms. The van der Waals surface area contributed by atoms with E-state index in [9.17, 15) is 14.9 Å². The summed E-state index contributed by atoms with van der Waals surface area (Å²) in [6, 6.07) is 2.94. The summed E-state index contributed by atoms with van der Waals surface area (Å²) >= 11 is 0. The van der Waals surface area contributed by atoms with Crippen molar-refractivity contribution in [3.8, 4) is 0 Å². The predicted octanol–water partition coefficient (Wildman–Crippen LogP) is 0.931. The third-order valence-corrected chi connectivity index (χ3v) is 3.46. The Bertz CT molecular complexity index is 706. The highest BCUT2D eigenvalue weighted by molar-refractivity contribution is 5.93. The summed E-state index contributed by atoms with van der Waals surface area (Å²) in [6.07, 6.45) is -0.952. The largest absolute Gasteiger partial charge is 0.465 e. The van der Waals surface area contributed by atoms with Crippen LogP contribution in [0.15, 0.2) is 16.8 Å². The number of non-ortho nitro benzene ring substituents is 1. The molecule has 3 rings (SSSR count). The van der Waals surface area contributed by atoms with E-state index in [4.69, 9.17) is 5.11 Å². The Balaban J connectivity index is 1.92. The van der Waals surface area contributed by atoms with Gasteiger partial charge in [-0.2, -0.15) is 0 Å². The number of carbonyl (C=O) groups is 1. The predicted molar refractivity (Wildman–Crippen MR) is 70.3 cm³/mol. The molecule has 2 aromatic rings. The van der Waals surface area contributed by atoms with Gasteiger partial charge in [-0.25, -0.2) is 9.42 Å². The standard InChI is InChI=1S/C11H11N5O5/c17-11(18)15-5-3-14(4-6-15)7-1-2-8(16(19)20)10-9(7)12-21-13-10/h1-2H,3-6H2,(H,17,18). The molecule has 0 saturated carbocycles. The molecule has 1 saturated heterocycles. The number of hydrogen-bond acceptors (Lipinski definition) is 7. The monoisotopic (exact) mass is 293 g/mol.